The number of guanidine groups is 1. The van der Waals surface area contributed by atoms with E-state index in [-0.39, 0.29) is 47.9 Å². The molecule has 1 saturated carbocycles. The minimum absolute atomic E-state index is 0. The normalized spacial score (nSPS) is 22.2. The predicted molar refractivity (Wildman–Crippen MR) is 110 cm³/mol. The van der Waals surface area contributed by atoms with Crippen LogP contribution in [-0.4, -0.2) is 62.7 Å². The largest absolute Gasteiger partial charge is 0.378 e. The Hall–Kier alpha value is -0.570. The van der Waals surface area contributed by atoms with Gasteiger partial charge in [0.1, 0.15) is 6.54 Å². The summed E-state index contributed by atoms with van der Waals surface area (Å²) >= 11 is 0. The van der Waals surface area contributed by atoms with Crippen LogP contribution < -0.4 is 10.6 Å². The van der Waals surface area contributed by atoms with Crippen LogP contribution in [0.3, 0.4) is 0 Å². The van der Waals surface area contributed by atoms with E-state index in [9.17, 15) is 4.79 Å². The highest BCUT2D eigenvalue weighted by atomic mass is 127. The van der Waals surface area contributed by atoms with Gasteiger partial charge in [0.15, 0.2) is 5.96 Å². The molecular weight excluding hydrogens is 419 g/mol. The molecule has 2 unspecified atom stereocenters. The number of nitrogens with one attached hydrogen (secondary N) is 2. The molecule has 2 N–H and O–H groups in total. The SMILES string of the molecule is CCCCOC1CC(NC(=NCC(=O)N(C)C)NCC)C1(C)C.I. The van der Waals surface area contributed by atoms with Crippen LogP contribution in [0.25, 0.3) is 0 Å². The summed E-state index contributed by atoms with van der Waals surface area (Å²) in [5.41, 5.74) is 0.0650. The van der Waals surface area contributed by atoms with E-state index >= 15 is 0 Å². The number of halogens is 1. The fourth-order valence-corrected chi connectivity index (χ4v) is 2.56. The summed E-state index contributed by atoms with van der Waals surface area (Å²) in [6, 6.07) is 0.307. The Bertz CT molecular complexity index is 413. The zero-order chi connectivity index (χ0) is 17.5. The minimum atomic E-state index is -0.00384. The molecule has 1 fully saturated rings. The van der Waals surface area contributed by atoms with Gasteiger partial charge in [0.05, 0.1) is 6.10 Å². The Balaban J connectivity index is 0.00000529. The molecule has 2 atom stereocenters. The lowest BCUT2D eigenvalue weighted by atomic mass is 9.64. The molecule has 142 valence electrons. The average Bonchev–Trinajstić information content (AvgIpc) is 2.50. The van der Waals surface area contributed by atoms with Gasteiger partial charge in [-0.1, -0.05) is 27.2 Å². The molecule has 0 aromatic carbocycles. The molecule has 1 amide bonds. The molecule has 0 aromatic rings. The molecule has 24 heavy (non-hydrogen) atoms. The van der Waals surface area contributed by atoms with Gasteiger partial charge in [-0.2, -0.15) is 0 Å². The minimum Gasteiger partial charge on any atom is -0.378 e. The van der Waals surface area contributed by atoms with Gasteiger partial charge in [-0.25, -0.2) is 4.99 Å². The Kier molecular flexibility index (Phi) is 10.9. The van der Waals surface area contributed by atoms with Crippen LogP contribution in [0.1, 0.15) is 47.0 Å². The fraction of sp³-hybridized carbons (Fsp3) is 0.882. The van der Waals surface area contributed by atoms with Gasteiger partial charge >= 0.3 is 0 Å². The Morgan fingerprint density at radius 2 is 2.00 bits per heavy atom. The van der Waals surface area contributed by atoms with Crippen LogP contribution in [0.2, 0.25) is 0 Å². The van der Waals surface area contributed by atoms with Crippen LogP contribution >= 0.6 is 24.0 Å². The summed E-state index contributed by atoms with van der Waals surface area (Å²) in [5, 5.41) is 6.66. The van der Waals surface area contributed by atoms with Crippen molar-refractivity contribution in [2.24, 2.45) is 10.4 Å². The van der Waals surface area contributed by atoms with Gasteiger partial charge in [0.2, 0.25) is 5.91 Å². The van der Waals surface area contributed by atoms with Gasteiger partial charge in [-0.3, -0.25) is 4.79 Å². The van der Waals surface area contributed by atoms with Crippen molar-refractivity contribution < 1.29 is 9.53 Å². The number of ether oxygens (including phenoxy) is 1. The molecular formula is C17H35IN4O2. The lowest BCUT2D eigenvalue weighted by molar-refractivity contribution is -0.127. The number of amides is 1. The van der Waals surface area contributed by atoms with Gasteiger partial charge < -0.3 is 20.3 Å². The Labute approximate surface area is 164 Å². The summed E-state index contributed by atoms with van der Waals surface area (Å²) in [6.45, 7) is 10.4. The van der Waals surface area contributed by atoms with Crippen LogP contribution in [-0.2, 0) is 9.53 Å². The number of carbonyl (C=O) groups excluding carboxylic acids is 1. The van der Waals surface area contributed by atoms with Crippen molar-refractivity contribution in [1.82, 2.24) is 15.5 Å². The first-order valence-corrected chi connectivity index (χ1v) is 8.69. The summed E-state index contributed by atoms with van der Waals surface area (Å²) < 4.78 is 5.97. The topological polar surface area (TPSA) is 66.0 Å². The number of likely N-dealkylation sites (N-methyl/N-ethyl adjacent to an activating group) is 1. The van der Waals surface area contributed by atoms with Gasteiger partial charge in [0.25, 0.3) is 0 Å². The molecule has 0 bridgehead atoms. The number of hydrogen-bond acceptors (Lipinski definition) is 3. The first-order chi connectivity index (χ1) is 10.8. The van der Waals surface area contributed by atoms with Crippen molar-refractivity contribution in [1.29, 1.82) is 0 Å². The number of rotatable bonds is 8. The van der Waals surface area contributed by atoms with Crippen LogP contribution in [0.15, 0.2) is 4.99 Å². The number of aliphatic imine (C=N–C) groups is 1. The maximum absolute atomic E-state index is 11.7. The standard InChI is InChI=1S/C17H34N4O2.HI/c1-7-9-10-23-14-11-13(17(14,3)4)20-16(18-8-2)19-12-15(22)21(5)6;/h13-14H,7-12H2,1-6H3,(H2,18,19,20);1H. The molecule has 0 heterocycles. The van der Waals surface area contributed by atoms with Crippen LogP contribution in [0, 0.1) is 5.41 Å². The number of carbonyl (C=O) groups is 1. The maximum Gasteiger partial charge on any atom is 0.243 e. The van der Waals surface area contributed by atoms with E-state index < -0.39 is 0 Å². The van der Waals surface area contributed by atoms with Crippen molar-refractivity contribution in [3.05, 3.63) is 0 Å². The zero-order valence-electron chi connectivity index (χ0n) is 16.0. The van der Waals surface area contributed by atoms with Crippen molar-refractivity contribution >= 4 is 35.8 Å². The van der Waals surface area contributed by atoms with E-state index in [2.05, 4.69) is 36.4 Å². The predicted octanol–water partition coefficient (Wildman–Crippen LogP) is 2.23. The summed E-state index contributed by atoms with van der Waals surface area (Å²) in [7, 11) is 3.48. The second-order valence-corrected chi connectivity index (χ2v) is 6.95. The van der Waals surface area contributed by atoms with Crippen LogP contribution in [0.4, 0.5) is 0 Å². The van der Waals surface area contributed by atoms with E-state index in [1.54, 1.807) is 19.0 Å². The first-order valence-electron chi connectivity index (χ1n) is 8.69. The molecule has 0 saturated heterocycles. The average molecular weight is 454 g/mol. The molecule has 1 aliphatic rings. The lowest BCUT2D eigenvalue weighted by Crippen LogP contribution is -2.63. The highest BCUT2D eigenvalue weighted by molar-refractivity contribution is 14.0. The van der Waals surface area contributed by atoms with E-state index in [1.165, 1.54) is 0 Å². The first kappa shape index (κ1) is 23.4. The maximum atomic E-state index is 11.7. The van der Waals surface area contributed by atoms with Gasteiger partial charge in [-0.05, 0) is 19.8 Å². The third-order valence-corrected chi connectivity index (χ3v) is 4.52. The molecule has 1 aliphatic carbocycles. The molecule has 0 spiro atoms. The van der Waals surface area contributed by atoms with Crippen molar-refractivity contribution in [2.75, 3.05) is 33.8 Å². The fourth-order valence-electron chi connectivity index (χ4n) is 2.56. The zero-order valence-corrected chi connectivity index (χ0v) is 18.3. The monoisotopic (exact) mass is 454 g/mol. The highest BCUT2D eigenvalue weighted by Gasteiger charge is 2.49. The highest BCUT2D eigenvalue weighted by Crippen LogP contribution is 2.42. The second-order valence-electron chi connectivity index (χ2n) is 6.95. The quantitative estimate of drug-likeness (QED) is 0.256. The van der Waals surface area contributed by atoms with Crippen molar-refractivity contribution in [3.63, 3.8) is 0 Å². The molecule has 0 aliphatic heterocycles. The molecule has 0 aromatic heterocycles. The lowest BCUT2D eigenvalue weighted by Gasteiger charge is -2.52. The Morgan fingerprint density at radius 3 is 2.50 bits per heavy atom. The number of hydrogen-bond donors (Lipinski definition) is 2. The third kappa shape index (κ3) is 6.74. The molecule has 0 radical (unpaired) electrons. The van der Waals surface area contributed by atoms with Gasteiger partial charge in [-0.15, -0.1) is 24.0 Å². The summed E-state index contributed by atoms with van der Waals surface area (Å²) in [6.07, 6.45) is 3.54. The second kappa shape index (κ2) is 11.1. The Morgan fingerprint density at radius 1 is 1.33 bits per heavy atom. The van der Waals surface area contributed by atoms with E-state index in [0.29, 0.717) is 12.0 Å². The summed E-state index contributed by atoms with van der Waals surface area (Å²) in [4.78, 5) is 17.6. The van der Waals surface area contributed by atoms with Crippen molar-refractivity contribution in [2.45, 2.75) is 59.1 Å². The van der Waals surface area contributed by atoms with Gasteiger partial charge in [0, 0.05) is 38.7 Å². The van der Waals surface area contributed by atoms with Crippen LogP contribution in [0.5, 0.6) is 0 Å². The molecule has 7 heteroatoms. The summed E-state index contributed by atoms with van der Waals surface area (Å²) in [5.74, 6) is 0.698. The molecule has 6 nitrogen and oxygen atoms in total. The van der Waals surface area contributed by atoms with Crippen molar-refractivity contribution in [3.8, 4) is 0 Å². The van der Waals surface area contributed by atoms with E-state index in [1.807, 2.05) is 6.92 Å². The smallest absolute Gasteiger partial charge is 0.243 e. The number of unbranched alkanes of at least 4 members (excludes halogenated alkanes) is 1. The van der Waals surface area contributed by atoms with E-state index in [4.69, 9.17) is 4.74 Å². The third-order valence-electron chi connectivity index (χ3n) is 4.52. The molecule has 1 rings (SSSR count). The number of nitrogens with zero attached hydrogens (tertiary/aromatic N) is 2. The van der Waals surface area contributed by atoms with E-state index in [0.717, 1.165) is 32.4 Å².